The number of halogens is 3. The van der Waals surface area contributed by atoms with Gasteiger partial charge in [-0.1, -0.05) is 175 Å². The first kappa shape index (κ1) is 37.2. The molecule has 7 aromatic carbocycles. The molecular weight excluding hydrogens is 1090 g/mol. The third-order valence-electron chi connectivity index (χ3n) is 11.5. The topological polar surface area (TPSA) is 21.3 Å². The van der Waals surface area contributed by atoms with Crippen LogP contribution in [0.15, 0.2) is 206 Å². The van der Waals surface area contributed by atoms with Gasteiger partial charge in [0.1, 0.15) is 5.58 Å². The molecule has 0 spiro atoms. The number of nitrogens with zero attached hydrogens (tertiary/aromatic N) is 2. The predicted molar refractivity (Wildman–Crippen MR) is 288 cm³/mol. The average Bonchev–Trinajstić information content (AvgIpc) is 3.88. The minimum atomic E-state index is -0.490. The van der Waals surface area contributed by atoms with Crippen LogP contribution in [0.3, 0.4) is 0 Å². The number of furan rings is 1. The minimum Gasteiger partial charge on any atom is -0.450 e. The van der Waals surface area contributed by atoms with Crippen molar-refractivity contribution in [1.82, 2.24) is 4.57 Å². The van der Waals surface area contributed by atoms with E-state index in [-0.39, 0.29) is 20.7 Å². The van der Waals surface area contributed by atoms with Gasteiger partial charge in [-0.25, -0.2) is 0 Å². The van der Waals surface area contributed by atoms with Gasteiger partial charge in [0, 0.05) is 33.1 Å². The van der Waals surface area contributed by atoms with Gasteiger partial charge in [-0.05, 0) is 138 Å². The van der Waals surface area contributed by atoms with Crippen molar-refractivity contribution >= 4 is 140 Å². The van der Waals surface area contributed by atoms with Crippen LogP contribution in [0.2, 0.25) is 0 Å². The Morgan fingerprint density at radius 3 is 2.07 bits per heavy atom. The van der Waals surface area contributed by atoms with E-state index in [0.717, 1.165) is 9.35 Å². The number of fused-ring (bicyclic) bond motifs is 7. The molecule has 0 unspecified atom stereocenters. The summed E-state index contributed by atoms with van der Waals surface area (Å²) in [5.74, 6) is 0. The van der Waals surface area contributed by atoms with Crippen LogP contribution in [0, 0.1) is 3.77 Å². The fourth-order valence-electron chi connectivity index (χ4n) is 8.73. The minimum absolute atomic E-state index is 0.285. The zero-order valence-corrected chi connectivity index (χ0v) is 39.1. The van der Waals surface area contributed by atoms with Crippen LogP contribution in [0.4, 0.5) is 5.69 Å². The van der Waals surface area contributed by atoms with E-state index in [1.54, 1.807) is 0 Å². The molecule has 0 bridgehead atoms. The zero-order chi connectivity index (χ0) is 40.3. The summed E-state index contributed by atoms with van der Waals surface area (Å²) in [6.07, 6.45) is 11.8. The molecule has 0 amide bonds. The highest BCUT2D eigenvalue weighted by Crippen LogP contribution is 2.42. The number of rotatable bonds is 7. The molecule has 0 fully saturated rings. The molecule has 6 heteroatoms. The molecule has 0 atom stereocenters. The summed E-state index contributed by atoms with van der Waals surface area (Å²) >= 11 is -1.24. The first-order valence-corrected chi connectivity index (χ1v) is 27.2. The van der Waals surface area contributed by atoms with Gasteiger partial charge in [0.25, 0.3) is 0 Å². The lowest BCUT2D eigenvalue weighted by Gasteiger charge is -2.28. The molecule has 0 saturated carbocycles. The Bertz CT molecular complexity index is 3490. The SMILES string of the molecule is C1=CC(N(C2=CC=C(c3cccc(C4=CC=Ic5oc6ccccc6c54)c3)C=I2)c2cccc(-n3c4ccccc4c4ccccc43)c2)=IC=C1c1cccc2ccccc12. The lowest BCUT2D eigenvalue weighted by Crippen LogP contribution is -2.26. The van der Waals surface area contributed by atoms with Crippen molar-refractivity contribution in [2.24, 2.45) is 0 Å². The van der Waals surface area contributed by atoms with Crippen molar-refractivity contribution in [2.75, 3.05) is 4.90 Å². The second-order valence-electron chi connectivity index (χ2n) is 15.1. The summed E-state index contributed by atoms with van der Waals surface area (Å²) in [5.41, 5.74) is 14.7. The van der Waals surface area contributed by atoms with Crippen LogP contribution < -0.4 is 4.90 Å². The predicted octanol–water partition coefficient (Wildman–Crippen LogP) is 15.3. The highest BCUT2D eigenvalue weighted by atomic mass is 127. The second-order valence-corrected chi connectivity index (χ2v) is 22.1. The number of hydrogen-bond donors (Lipinski definition) is 0. The van der Waals surface area contributed by atoms with Crippen molar-refractivity contribution in [3.63, 3.8) is 0 Å². The molecule has 3 aliphatic heterocycles. The van der Waals surface area contributed by atoms with Crippen molar-refractivity contribution in [3.05, 3.63) is 228 Å². The summed E-state index contributed by atoms with van der Waals surface area (Å²) in [5, 5.41) is 6.34. The molecule has 0 N–H and O–H groups in total. The normalized spacial score (nSPS) is 14.9. The van der Waals surface area contributed by atoms with Crippen molar-refractivity contribution in [3.8, 4) is 5.69 Å². The average molecular weight is 1120 g/mol. The molecule has 9 aromatic rings. The molecule has 61 heavy (non-hydrogen) atoms. The Morgan fingerprint density at radius 2 is 1.26 bits per heavy atom. The lowest BCUT2D eigenvalue weighted by molar-refractivity contribution is 0.582. The van der Waals surface area contributed by atoms with E-state index in [4.69, 9.17) is 4.42 Å². The van der Waals surface area contributed by atoms with Gasteiger partial charge in [-0.2, -0.15) is 0 Å². The first-order valence-electron chi connectivity index (χ1n) is 20.2. The van der Waals surface area contributed by atoms with E-state index >= 15 is 0 Å². The molecule has 0 radical (unpaired) electrons. The highest BCUT2D eigenvalue weighted by Gasteiger charge is 2.23. The molecule has 0 saturated heterocycles. The van der Waals surface area contributed by atoms with E-state index < -0.39 is 41.5 Å². The Kier molecular flexibility index (Phi) is 9.59. The molecule has 12 rings (SSSR count). The smallest absolute Gasteiger partial charge is 0.167 e. The van der Waals surface area contributed by atoms with Gasteiger partial charge in [0.2, 0.25) is 0 Å². The molecule has 292 valence electrons. The maximum Gasteiger partial charge on any atom is 0.167 e. The van der Waals surface area contributed by atoms with Gasteiger partial charge in [-0.3, -0.25) is 0 Å². The molecule has 0 aliphatic carbocycles. The standard InChI is InChI=1S/C55H35I3N2O/c1-2-18-43-36(12-1)13-10-22-44(43)40-27-29-53(58-35-40)60(42-17-11-16-41(33-42)59-49-23-6-3-19-46(49)47-20-4-7-24-50(47)59)52-28-26-39(34-57-52)37-14-9-15-38(32-37)45-30-31-56-55-54(45)48-21-5-8-25-51(48)61-55/h1-35H. The van der Waals surface area contributed by atoms with E-state index in [1.807, 2.05) is 0 Å². The number of aromatic nitrogens is 1. The largest absolute Gasteiger partial charge is 0.450 e. The molecule has 2 aromatic heterocycles. The highest BCUT2D eigenvalue weighted by molar-refractivity contribution is 14.2. The van der Waals surface area contributed by atoms with Crippen molar-refractivity contribution in [2.45, 2.75) is 0 Å². The third-order valence-corrected chi connectivity index (χ3v) is 18.5. The monoisotopic (exact) mass is 1120 g/mol. The number of hydrogen-bond acceptors (Lipinski definition) is 2. The van der Waals surface area contributed by atoms with Crippen LogP contribution in [0.1, 0.15) is 22.3 Å². The second kappa shape index (κ2) is 15.7. The molecule has 3 nitrogen and oxygen atoms in total. The van der Waals surface area contributed by atoms with E-state index in [2.05, 4.69) is 216 Å². The van der Waals surface area contributed by atoms with Gasteiger partial charge in [0.05, 0.1) is 18.4 Å². The van der Waals surface area contributed by atoms with Crippen LogP contribution in [0.25, 0.3) is 66.0 Å². The van der Waals surface area contributed by atoms with Crippen LogP contribution in [-0.2, 0) is 0 Å². The summed E-state index contributed by atoms with van der Waals surface area (Å²) in [6.45, 7) is 0. The molecular formula is C55H35I3N2O. The number of para-hydroxylation sites is 3. The number of anilines is 1. The first-order chi connectivity index (χ1) is 30.2. The van der Waals surface area contributed by atoms with Crippen molar-refractivity contribution < 1.29 is 4.42 Å². The zero-order valence-electron chi connectivity index (χ0n) is 32.6. The fourth-order valence-corrected chi connectivity index (χ4v) is 16.1. The van der Waals surface area contributed by atoms with Crippen molar-refractivity contribution in [1.29, 1.82) is 0 Å². The maximum absolute atomic E-state index is 6.36. The van der Waals surface area contributed by atoms with Crippen LogP contribution in [0.5, 0.6) is 0 Å². The number of benzene rings is 7. The summed E-state index contributed by atoms with van der Waals surface area (Å²) in [7, 11) is 0. The van der Waals surface area contributed by atoms with Gasteiger partial charge in [-0.15, -0.1) is 0 Å². The Hall–Kier alpha value is -5.56. The van der Waals surface area contributed by atoms with Gasteiger partial charge >= 0.3 is 0 Å². The number of allylic oxidation sites excluding steroid dienone is 6. The van der Waals surface area contributed by atoms with E-state index in [0.29, 0.717) is 0 Å². The van der Waals surface area contributed by atoms with Crippen LogP contribution in [-0.4, -0.2) is 16.2 Å². The summed E-state index contributed by atoms with van der Waals surface area (Å²) in [4.78, 5) is 2.59. The Labute approximate surface area is 383 Å². The lowest BCUT2D eigenvalue weighted by atomic mass is 9.94. The van der Waals surface area contributed by atoms with Gasteiger partial charge in [0.15, 0.2) is 3.77 Å². The van der Waals surface area contributed by atoms with E-state index in [1.165, 1.54) is 95.6 Å². The molecule has 5 heterocycles. The quantitative estimate of drug-likeness (QED) is 0.117. The summed E-state index contributed by atoms with van der Waals surface area (Å²) in [6, 6.07) is 59.7. The fraction of sp³-hybridized carbons (Fsp3) is 0. The summed E-state index contributed by atoms with van der Waals surface area (Å²) < 4.78 is 20.1. The maximum atomic E-state index is 6.36. The van der Waals surface area contributed by atoms with Gasteiger partial charge < -0.3 is 13.9 Å². The Morgan fingerprint density at radius 1 is 0.541 bits per heavy atom. The molecule has 3 aliphatic rings. The van der Waals surface area contributed by atoms with Crippen LogP contribution >= 0.6 is 62.2 Å². The Balaban J connectivity index is 0.950. The van der Waals surface area contributed by atoms with E-state index in [9.17, 15) is 0 Å². The third kappa shape index (κ3) is 6.61.